The van der Waals surface area contributed by atoms with Crippen LogP contribution in [0, 0.1) is 6.92 Å². The molecular formula is C22H26ClN3O2S. The van der Waals surface area contributed by atoms with Gasteiger partial charge in [-0.1, -0.05) is 47.1 Å². The summed E-state index contributed by atoms with van der Waals surface area (Å²) in [6.45, 7) is 2.39. The maximum Gasteiger partial charge on any atom is 0.255 e. The molecule has 0 fully saturated rings. The molecule has 0 unspecified atom stereocenters. The number of aryl methyl sites for hydroxylation is 1. The minimum absolute atomic E-state index is 0.0481. The molecule has 2 aromatic rings. The zero-order chi connectivity index (χ0) is 20.6. The van der Waals surface area contributed by atoms with Gasteiger partial charge in [0.2, 0.25) is 5.91 Å². The normalized spacial score (nSPS) is 13.8. The van der Waals surface area contributed by atoms with Crippen LogP contribution >= 0.6 is 23.4 Å². The van der Waals surface area contributed by atoms with Gasteiger partial charge in [0.1, 0.15) is 0 Å². The third kappa shape index (κ3) is 6.75. The lowest BCUT2D eigenvalue weighted by molar-refractivity contribution is -0.120. The van der Waals surface area contributed by atoms with Crippen molar-refractivity contribution in [3.63, 3.8) is 0 Å². The van der Waals surface area contributed by atoms with E-state index in [1.165, 1.54) is 30.2 Å². The molecule has 29 heavy (non-hydrogen) atoms. The van der Waals surface area contributed by atoms with E-state index < -0.39 is 0 Å². The standard InChI is InChI=1S/C22H26ClN3O2S/c1-15-19(13-20(27)24-11-10-16-6-3-2-4-7-16)21(28)26-22(25-15)29-14-17-8-5-9-18(23)12-17/h5-6,8-9,12H,2-4,7,10-11,13-14H2,1H3,(H,24,27)(H,25,26,28). The van der Waals surface area contributed by atoms with Gasteiger partial charge in [-0.25, -0.2) is 4.98 Å². The molecule has 1 heterocycles. The van der Waals surface area contributed by atoms with Gasteiger partial charge in [-0.15, -0.1) is 0 Å². The van der Waals surface area contributed by atoms with Crippen LogP contribution in [0.15, 0.2) is 45.9 Å². The molecule has 0 saturated heterocycles. The van der Waals surface area contributed by atoms with Crippen LogP contribution in [0.5, 0.6) is 0 Å². The summed E-state index contributed by atoms with van der Waals surface area (Å²) in [6.07, 6.45) is 8.00. The van der Waals surface area contributed by atoms with Gasteiger partial charge in [0, 0.05) is 28.6 Å². The van der Waals surface area contributed by atoms with Crippen LogP contribution in [0.25, 0.3) is 0 Å². The predicted octanol–water partition coefficient (Wildman–Crippen LogP) is 4.57. The lowest BCUT2D eigenvalue weighted by Crippen LogP contribution is -2.30. The van der Waals surface area contributed by atoms with Crippen molar-refractivity contribution in [1.82, 2.24) is 15.3 Å². The summed E-state index contributed by atoms with van der Waals surface area (Å²) in [7, 11) is 0. The van der Waals surface area contributed by atoms with Gasteiger partial charge in [0.15, 0.2) is 5.16 Å². The van der Waals surface area contributed by atoms with Crippen molar-refractivity contribution in [2.45, 2.75) is 56.4 Å². The summed E-state index contributed by atoms with van der Waals surface area (Å²) in [5.41, 5.74) is 3.24. The molecule has 0 bridgehead atoms. The summed E-state index contributed by atoms with van der Waals surface area (Å²) < 4.78 is 0. The van der Waals surface area contributed by atoms with Crippen molar-refractivity contribution in [3.8, 4) is 0 Å². The highest BCUT2D eigenvalue weighted by Crippen LogP contribution is 2.21. The van der Waals surface area contributed by atoms with Crippen LogP contribution in [0.1, 0.15) is 48.9 Å². The highest BCUT2D eigenvalue weighted by Gasteiger charge is 2.13. The molecule has 5 nitrogen and oxygen atoms in total. The molecule has 0 spiro atoms. The molecule has 0 atom stereocenters. The first kappa shape index (κ1) is 21.7. The third-order valence-corrected chi connectivity index (χ3v) is 6.14. The van der Waals surface area contributed by atoms with Gasteiger partial charge in [0.05, 0.1) is 6.42 Å². The largest absolute Gasteiger partial charge is 0.355 e. The maximum atomic E-state index is 12.5. The van der Waals surface area contributed by atoms with Gasteiger partial charge in [-0.2, -0.15) is 0 Å². The Morgan fingerprint density at radius 1 is 1.34 bits per heavy atom. The Balaban J connectivity index is 1.53. The molecular weight excluding hydrogens is 406 g/mol. The number of thioether (sulfide) groups is 1. The number of benzene rings is 1. The average molecular weight is 432 g/mol. The van der Waals surface area contributed by atoms with Gasteiger partial charge < -0.3 is 10.3 Å². The van der Waals surface area contributed by atoms with E-state index in [9.17, 15) is 9.59 Å². The van der Waals surface area contributed by atoms with E-state index >= 15 is 0 Å². The third-order valence-electron chi connectivity index (χ3n) is 4.96. The maximum absolute atomic E-state index is 12.5. The Labute approximate surface area is 180 Å². The second-order valence-corrected chi connectivity index (χ2v) is 8.64. The number of hydrogen-bond donors (Lipinski definition) is 2. The molecule has 1 aromatic heterocycles. The molecule has 1 aliphatic rings. The Kier molecular flexibility index (Phi) is 7.95. The van der Waals surface area contributed by atoms with E-state index in [-0.39, 0.29) is 17.9 Å². The Morgan fingerprint density at radius 3 is 2.93 bits per heavy atom. The van der Waals surface area contributed by atoms with Crippen LogP contribution in [-0.2, 0) is 17.0 Å². The lowest BCUT2D eigenvalue weighted by atomic mass is 9.97. The second kappa shape index (κ2) is 10.6. The molecule has 154 valence electrons. The number of carbonyl (C=O) groups is 1. The number of H-pyrrole nitrogens is 1. The second-order valence-electron chi connectivity index (χ2n) is 7.24. The van der Waals surface area contributed by atoms with Crippen LogP contribution in [0.2, 0.25) is 5.02 Å². The molecule has 3 rings (SSSR count). The van der Waals surface area contributed by atoms with E-state index in [2.05, 4.69) is 21.4 Å². The monoisotopic (exact) mass is 431 g/mol. The number of carbonyl (C=O) groups excluding carboxylic acids is 1. The highest BCUT2D eigenvalue weighted by atomic mass is 35.5. The van der Waals surface area contributed by atoms with Crippen molar-refractivity contribution in [2.75, 3.05) is 6.54 Å². The fourth-order valence-corrected chi connectivity index (χ4v) is 4.42. The topological polar surface area (TPSA) is 74.8 Å². The van der Waals surface area contributed by atoms with Crippen molar-refractivity contribution >= 4 is 29.3 Å². The van der Waals surface area contributed by atoms with Crippen molar-refractivity contribution in [3.05, 3.63) is 68.1 Å². The van der Waals surface area contributed by atoms with Crippen LogP contribution in [-0.4, -0.2) is 22.4 Å². The summed E-state index contributed by atoms with van der Waals surface area (Å²) in [5, 5.41) is 4.15. The minimum Gasteiger partial charge on any atom is -0.355 e. The number of halogens is 1. The fraction of sp³-hybridized carbons (Fsp3) is 0.409. The van der Waals surface area contributed by atoms with E-state index in [0.717, 1.165) is 24.8 Å². The van der Waals surface area contributed by atoms with Crippen LogP contribution < -0.4 is 10.9 Å². The fourth-order valence-electron chi connectivity index (χ4n) is 3.36. The number of allylic oxidation sites excluding steroid dienone is 1. The predicted molar refractivity (Wildman–Crippen MR) is 118 cm³/mol. The average Bonchev–Trinajstić information content (AvgIpc) is 2.70. The smallest absolute Gasteiger partial charge is 0.255 e. The first-order chi connectivity index (χ1) is 14.0. The summed E-state index contributed by atoms with van der Waals surface area (Å²) in [4.78, 5) is 32.0. The molecule has 0 saturated carbocycles. The summed E-state index contributed by atoms with van der Waals surface area (Å²) in [5.74, 6) is 0.509. The quantitative estimate of drug-likeness (QED) is 0.364. The number of nitrogens with zero attached hydrogens (tertiary/aromatic N) is 1. The summed E-state index contributed by atoms with van der Waals surface area (Å²) in [6, 6.07) is 7.59. The van der Waals surface area contributed by atoms with E-state index in [4.69, 9.17) is 11.6 Å². The van der Waals surface area contributed by atoms with E-state index in [1.807, 2.05) is 24.3 Å². The lowest BCUT2D eigenvalue weighted by Gasteiger charge is -2.13. The number of aromatic nitrogens is 2. The number of amides is 1. The Hall–Kier alpha value is -2.05. The molecule has 1 amide bonds. The van der Waals surface area contributed by atoms with Gasteiger partial charge in [-0.3, -0.25) is 9.59 Å². The SMILES string of the molecule is Cc1nc(SCc2cccc(Cl)c2)[nH]c(=O)c1CC(=O)NCCC1=CCCCC1. The number of hydrogen-bond acceptors (Lipinski definition) is 4. The molecule has 0 aliphatic heterocycles. The minimum atomic E-state index is -0.253. The zero-order valence-electron chi connectivity index (χ0n) is 16.6. The number of aromatic amines is 1. The number of nitrogens with one attached hydrogen (secondary N) is 2. The van der Waals surface area contributed by atoms with E-state index in [1.54, 1.807) is 6.92 Å². The van der Waals surface area contributed by atoms with Crippen LogP contribution in [0.4, 0.5) is 0 Å². The highest BCUT2D eigenvalue weighted by molar-refractivity contribution is 7.98. The molecule has 1 aliphatic carbocycles. The Morgan fingerprint density at radius 2 is 2.21 bits per heavy atom. The molecule has 7 heteroatoms. The zero-order valence-corrected chi connectivity index (χ0v) is 18.2. The van der Waals surface area contributed by atoms with Gasteiger partial charge in [0.25, 0.3) is 5.56 Å². The first-order valence-electron chi connectivity index (χ1n) is 9.93. The number of rotatable bonds is 8. The Bertz CT molecular complexity index is 955. The van der Waals surface area contributed by atoms with Crippen LogP contribution in [0.3, 0.4) is 0 Å². The molecule has 2 N–H and O–H groups in total. The van der Waals surface area contributed by atoms with Gasteiger partial charge in [-0.05, 0) is 56.7 Å². The van der Waals surface area contributed by atoms with Crippen molar-refractivity contribution < 1.29 is 4.79 Å². The van der Waals surface area contributed by atoms with Crippen molar-refractivity contribution in [2.24, 2.45) is 0 Å². The van der Waals surface area contributed by atoms with E-state index in [0.29, 0.717) is 33.7 Å². The molecule has 1 aromatic carbocycles. The van der Waals surface area contributed by atoms with Gasteiger partial charge >= 0.3 is 0 Å². The summed E-state index contributed by atoms with van der Waals surface area (Å²) >= 11 is 7.44. The van der Waals surface area contributed by atoms with Crippen molar-refractivity contribution in [1.29, 1.82) is 0 Å². The first-order valence-corrected chi connectivity index (χ1v) is 11.3. The molecule has 0 radical (unpaired) electrons.